The van der Waals surface area contributed by atoms with Gasteiger partial charge in [0, 0.05) is 18.3 Å². The first-order valence-corrected chi connectivity index (χ1v) is 6.54. The number of carbonyl (C=O) groups excluding carboxylic acids is 1. The molecule has 0 heterocycles. The predicted molar refractivity (Wildman–Crippen MR) is 79.8 cm³/mol. The molecule has 1 amide bonds. The molecule has 4 nitrogen and oxygen atoms in total. The van der Waals surface area contributed by atoms with E-state index in [1.807, 2.05) is 48.5 Å². The number of benzene rings is 2. The Hall–Kier alpha value is -2.33. The van der Waals surface area contributed by atoms with Crippen LogP contribution in [0.15, 0.2) is 54.6 Å². The van der Waals surface area contributed by atoms with E-state index in [9.17, 15) is 4.79 Å². The highest BCUT2D eigenvalue weighted by atomic mass is 16.5. The fourth-order valence-electron chi connectivity index (χ4n) is 1.83. The summed E-state index contributed by atoms with van der Waals surface area (Å²) in [5.74, 6) is 0.653. The van der Waals surface area contributed by atoms with E-state index in [0.29, 0.717) is 25.3 Å². The van der Waals surface area contributed by atoms with Gasteiger partial charge in [-0.2, -0.15) is 0 Å². The minimum absolute atomic E-state index is 0.0489. The van der Waals surface area contributed by atoms with Gasteiger partial charge < -0.3 is 15.8 Å². The molecule has 20 heavy (non-hydrogen) atoms. The summed E-state index contributed by atoms with van der Waals surface area (Å²) in [5.41, 5.74) is 7.10. The topological polar surface area (TPSA) is 64.3 Å². The molecule has 0 unspecified atom stereocenters. The highest BCUT2D eigenvalue weighted by Crippen LogP contribution is 2.17. The molecule has 2 rings (SSSR count). The Labute approximate surface area is 118 Å². The van der Waals surface area contributed by atoms with E-state index >= 15 is 0 Å². The van der Waals surface area contributed by atoms with Crippen molar-refractivity contribution >= 4 is 11.6 Å². The van der Waals surface area contributed by atoms with Gasteiger partial charge in [0.15, 0.2) is 0 Å². The molecule has 0 fully saturated rings. The molecular weight excluding hydrogens is 252 g/mol. The Morgan fingerprint density at radius 1 is 1.10 bits per heavy atom. The second-order valence-electron chi connectivity index (χ2n) is 4.38. The molecule has 0 aliphatic carbocycles. The van der Waals surface area contributed by atoms with E-state index < -0.39 is 0 Å². The molecule has 4 heteroatoms. The number of nitrogens with two attached hydrogens (primary N) is 1. The lowest BCUT2D eigenvalue weighted by molar-refractivity contribution is -0.115. The maximum absolute atomic E-state index is 11.9. The highest BCUT2D eigenvalue weighted by molar-refractivity contribution is 5.92. The fraction of sp³-hybridized carbons (Fsp3) is 0.188. The Morgan fingerprint density at radius 2 is 1.90 bits per heavy atom. The van der Waals surface area contributed by atoms with Gasteiger partial charge in [0.25, 0.3) is 0 Å². The van der Waals surface area contributed by atoms with Gasteiger partial charge in [0.05, 0.1) is 6.42 Å². The molecule has 104 valence electrons. The van der Waals surface area contributed by atoms with Gasteiger partial charge in [-0.3, -0.25) is 4.79 Å². The van der Waals surface area contributed by atoms with Crippen LogP contribution in [-0.4, -0.2) is 19.1 Å². The molecule has 0 radical (unpaired) electrons. The van der Waals surface area contributed by atoms with Crippen LogP contribution in [0.2, 0.25) is 0 Å². The van der Waals surface area contributed by atoms with Crippen LogP contribution in [-0.2, 0) is 11.2 Å². The zero-order valence-corrected chi connectivity index (χ0v) is 11.2. The van der Waals surface area contributed by atoms with E-state index in [0.717, 1.165) is 11.3 Å². The molecule has 0 spiro atoms. The Bertz CT molecular complexity index is 555. The van der Waals surface area contributed by atoms with E-state index in [-0.39, 0.29) is 5.91 Å². The third-order valence-electron chi connectivity index (χ3n) is 2.71. The van der Waals surface area contributed by atoms with Crippen LogP contribution < -0.4 is 15.8 Å². The first kappa shape index (κ1) is 14.1. The number of rotatable bonds is 6. The minimum Gasteiger partial charge on any atom is -0.492 e. The van der Waals surface area contributed by atoms with Crippen LogP contribution in [0.4, 0.5) is 5.69 Å². The van der Waals surface area contributed by atoms with Gasteiger partial charge >= 0.3 is 0 Å². The van der Waals surface area contributed by atoms with Crippen molar-refractivity contribution in [2.75, 3.05) is 18.5 Å². The molecule has 0 bridgehead atoms. The number of hydrogen-bond donors (Lipinski definition) is 2. The first-order chi connectivity index (χ1) is 9.78. The van der Waals surface area contributed by atoms with E-state index in [1.54, 1.807) is 6.07 Å². The number of hydrogen-bond acceptors (Lipinski definition) is 3. The van der Waals surface area contributed by atoms with Crippen LogP contribution in [0, 0.1) is 0 Å². The Morgan fingerprint density at radius 3 is 2.65 bits per heavy atom. The lowest BCUT2D eigenvalue weighted by Crippen LogP contribution is -2.14. The minimum atomic E-state index is -0.0489. The number of nitrogens with one attached hydrogen (secondary N) is 1. The summed E-state index contributed by atoms with van der Waals surface area (Å²) in [6.07, 6.45) is 0.356. The van der Waals surface area contributed by atoms with Crippen LogP contribution in [0.25, 0.3) is 0 Å². The summed E-state index contributed by atoms with van der Waals surface area (Å²) >= 11 is 0. The molecule has 0 aromatic heterocycles. The van der Waals surface area contributed by atoms with Gasteiger partial charge in [-0.05, 0) is 17.7 Å². The van der Waals surface area contributed by atoms with Crippen molar-refractivity contribution in [3.8, 4) is 5.75 Å². The zero-order chi connectivity index (χ0) is 14.2. The van der Waals surface area contributed by atoms with Crippen molar-refractivity contribution in [3.63, 3.8) is 0 Å². The fourth-order valence-corrected chi connectivity index (χ4v) is 1.83. The normalized spacial score (nSPS) is 10.1. The van der Waals surface area contributed by atoms with Gasteiger partial charge in [0.1, 0.15) is 12.4 Å². The SMILES string of the molecule is NCCOc1cccc(NC(=O)Cc2ccccc2)c1. The zero-order valence-electron chi connectivity index (χ0n) is 11.2. The highest BCUT2D eigenvalue weighted by Gasteiger charge is 2.04. The van der Waals surface area contributed by atoms with Crippen LogP contribution in [0.1, 0.15) is 5.56 Å². The smallest absolute Gasteiger partial charge is 0.228 e. The van der Waals surface area contributed by atoms with Crippen molar-refractivity contribution in [1.82, 2.24) is 0 Å². The van der Waals surface area contributed by atoms with E-state index in [1.165, 1.54) is 0 Å². The van der Waals surface area contributed by atoms with Gasteiger partial charge in [-0.1, -0.05) is 36.4 Å². The molecule has 0 aliphatic heterocycles. The predicted octanol–water partition coefficient (Wildman–Crippen LogP) is 2.21. The molecule has 3 N–H and O–H groups in total. The second kappa shape index (κ2) is 7.31. The van der Waals surface area contributed by atoms with E-state index in [4.69, 9.17) is 10.5 Å². The van der Waals surface area contributed by atoms with Crippen molar-refractivity contribution in [2.24, 2.45) is 5.73 Å². The van der Waals surface area contributed by atoms with Crippen LogP contribution >= 0.6 is 0 Å². The third-order valence-corrected chi connectivity index (χ3v) is 2.71. The van der Waals surface area contributed by atoms with Gasteiger partial charge in [-0.15, -0.1) is 0 Å². The van der Waals surface area contributed by atoms with Crippen molar-refractivity contribution in [2.45, 2.75) is 6.42 Å². The lowest BCUT2D eigenvalue weighted by atomic mass is 10.1. The molecule has 0 aliphatic rings. The summed E-state index contributed by atoms with van der Waals surface area (Å²) < 4.78 is 5.42. The summed E-state index contributed by atoms with van der Waals surface area (Å²) in [7, 11) is 0. The molecule has 0 atom stereocenters. The quantitative estimate of drug-likeness (QED) is 0.845. The average molecular weight is 270 g/mol. The maximum Gasteiger partial charge on any atom is 0.228 e. The van der Waals surface area contributed by atoms with Gasteiger partial charge in [-0.25, -0.2) is 0 Å². The summed E-state index contributed by atoms with van der Waals surface area (Å²) in [6, 6.07) is 16.9. The van der Waals surface area contributed by atoms with Crippen LogP contribution in [0.3, 0.4) is 0 Å². The number of carbonyl (C=O) groups is 1. The van der Waals surface area contributed by atoms with Crippen LogP contribution in [0.5, 0.6) is 5.75 Å². The molecule has 0 saturated heterocycles. The number of ether oxygens (including phenoxy) is 1. The molecule has 0 saturated carbocycles. The summed E-state index contributed by atoms with van der Waals surface area (Å²) in [4.78, 5) is 11.9. The van der Waals surface area contributed by atoms with Crippen molar-refractivity contribution < 1.29 is 9.53 Å². The number of amides is 1. The van der Waals surface area contributed by atoms with E-state index in [2.05, 4.69) is 5.32 Å². The molecule has 2 aromatic rings. The molecular formula is C16H18N2O2. The molecule has 2 aromatic carbocycles. The monoisotopic (exact) mass is 270 g/mol. The number of anilines is 1. The summed E-state index contributed by atoms with van der Waals surface area (Å²) in [6.45, 7) is 0.923. The standard InChI is InChI=1S/C16H18N2O2/c17-9-10-20-15-8-4-7-14(12-15)18-16(19)11-13-5-2-1-3-6-13/h1-8,12H,9-11,17H2,(H,18,19). The van der Waals surface area contributed by atoms with Crippen molar-refractivity contribution in [3.05, 3.63) is 60.2 Å². The van der Waals surface area contributed by atoms with Crippen molar-refractivity contribution in [1.29, 1.82) is 0 Å². The first-order valence-electron chi connectivity index (χ1n) is 6.54. The Kier molecular flexibility index (Phi) is 5.15. The lowest BCUT2D eigenvalue weighted by Gasteiger charge is -2.08. The second-order valence-corrected chi connectivity index (χ2v) is 4.38. The Balaban J connectivity index is 1.94. The maximum atomic E-state index is 11.9. The third kappa shape index (κ3) is 4.40. The average Bonchev–Trinajstić information content (AvgIpc) is 2.46. The van der Waals surface area contributed by atoms with Gasteiger partial charge in [0.2, 0.25) is 5.91 Å². The largest absolute Gasteiger partial charge is 0.492 e. The summed E-state index contributed by atoms with van der Waals surface area (Å²) in [5, 5.41) is 2.86.